The largest absolute Gasteiger partial charge is 0.357 e. The molecule has 6 nitrogen and oxygen atoms in total. The summed E-state index contributed by atoms with van der Waals surface area (Å²) < 4.78 is 1.85. The van der Waals surface area contributed by atoms with Gasteiger partial charge in [-0.05, 0) is 32.9 Å². The van der Waals surface area contributed by atoms with Crippen molar-refractivity contribution in [2.45, 2.75) is 33.2 Å². The van der Waals surface area contributed by atoms with Gasteiger partial charge in [0.05, 0.1) is 18.2 Å². The van der Waals surface area contributed by atoms with Gasteiger partial charge in [0.25, 0.3) is 0 Å². The van der Waals surface area contributed by atoms with E-state index in [-0.39, 0.29) is 5.91 Å². The van der Waals surface area contributed by atoms with E-state index in [1.807, 2.05) is 54.9 Å². The third kappa shape index (κ3) is 4.13. The number of likely N-dealkylation sites (N-methyl/N-ethyl adjacent to an activating group) is 1. The van der Waals surface area contributed by atoms with E-state index >= 15 is 0 Å². The van der Waals surface area contributed by atoms with Crippen LogP contribution in [0.1, 0.15) is 24.6 Å². The number of nitrogens with zero attached hydrogens (tertiary/aromatic N) is 4. The Labute approximate surface area is 142 Å². The second kappa shape index (κ2) is 7.64. The van der Waals surface area contributed by atoms with Crippen molar-refractivity contribution in [2.24, 2.45) is 0 Å². The van der Waals surface area contributed by atoms with Gasteiger partial charge in [0.15, 0.2) is 0 Å². The lowest BCUT2D eigenvalue weighted by molar-refractivity contribution is -0.130. The zero-order valence-electron chi connectivity index (χ0n) is 14.6. The van der Waals surface area contributed by atoms with Gasteiger partial charge < -0.3 is 10.2 Å². The van der Waals surface area contributed by atoms with Crippen LogP contribution in [0.25, 0.3) is 5.69 Å². The van der Waals surface area contributed by atoms with E-state index in [2.05, 4.69) is 10.4 Å². The fraction of sp³-hybridized carbons (Fsp3) is 0.389. The summed E-state index contributed by atoms with van der Waals surface area (Å²) in [7, 11) is 1.70. The molecule has 2 aromatic rings. The van der Waals surface area contributed by atoms with Crippen LogP contribution in [0, 0.1) is 25.2 Å². The molecule has 0 bridgehead atoms. The van der Waals surface area contributed by atoms with E-state index in [1.54, 1.807) is 18.9 Å². The Morgan fingerprint density at radius 2 is 2.04 bits per heavy atom. The summed E-state index contributed by atoms with van der Waals surface area (Å²) in [6.45, 7) is 6.25. The van der Waals surface area contributed by atoms with Crippen LogP contribution in [-0.2, 0) is 4.79 Å². The smallest absolute Gasteiger partial charge is 0.244 e. The molecule has 6 heteroatoms. The molecule has 0 fully saturated rings. The van der Waals surface area contributed by atoms with Crippen molar-refractivity contribution in [3.05, 3.63) is 41.6 Å². The average Bonchev–Trinajstić information content (AvgIpc) is 2.92. The second-order valence-electron chi connectivity index (χ2n) is 5.95. The van der Waals surface area contributed by atoms with Crippen LogP contribution in [0.3, 0.4) is 0 Å². The number of hydrogen-bond donors (Lipinski definition) is 1. The summed E-state index contributed by atoms with van der Waals surface area (Å²) in [6.07, 6.45) is 0.329. The molecule has 1 heterocycles. The minimum absolute atomic E-state index is 0.0622. The second-order valence-corrected chi connectivity index (χ2v) is 5.95. The summed E-state index contributed by atoms with van der Waals surface area (Å²) >= 11 is 0. The average molecular weight is 325 g/mol. The standard InChI is InChI=1S/C18H23N5O/c1-13-6-8-16(9-7-13)23-14(2)12-17(21-23)20-15(3)18(24)22(4)11-5-10-19/h6-9,12,15H,5,11H2,1-4H3,(H,20,21). The van der Waals surface area contributed by atoms with E-state index < -0.39 is 6.04 Å². The van der Waals surface area contributed by atoms with Crippen LogP contribution < -0.4 is 5.32 Å². The van der Waals surface area contributed by atoms with Crippen LogP contribution in [0.15, 0.2) is 30.3 Å². The number of benzene rings is 1. The molecule has 0 spiro atoms. The Balaban J connectivity index is 2.08. The first kappa shape index (κ1) is 17.5. The highest BCUT2D eigenvalue weighted by molar-refractivity contribution is 5.83. The lowest BCUT2D eigenvalue weighted by atomic mass is 10.2. The molecule has 1 amide bonds. The molecule has 0 saturated heterocycles. The topological polar surface area (TPSA) is 74.0 Å². The van der Waals surface area contributed by atoms with Gasteiger partial charge in [0, 0.05) is 25.4 Å². The van der Waals surface area contributed by atoms with Crippen molar-refractivity contribution in [3.8, 4) is 11.8 Å². The summed E-state index contributed by atoms with van der Waals surface area (Å²) in [5.41, 5.74) is 3.16. The predicted octanol–water partition coefficient (Wildman–Crippen LogP) is 2.66. The van der Waals surface area contributed by atoms with Gasteiger partial charge in [0.1, 0.15) is 11.9 Å². The van der Waals surface area contributed by atoms with Crippen LogP contribution in [-0.4, -0.2) is 40.2 Å². The molecule has 0 saturated carbocycles. The van der Waals surface area contributed by atoms with E-state index in [1.165, 1.54) is 5.56 Å². The molecule has 24 heavy (non-hydrogen) atoms. The van der Waals surface area contributed by atoms with Crippen LogP contribution in [0.2, 0.25) is 0 Å². The van der Waals surface area contributed by atoms with Crippen molar-refractivity contribution in [2.75, 3.05) is 18.9 Å². The molecule has 0 aliphatic rings. The normalized spacial score (nSPS) is 11.6. The number of aryl methyl sites for hydroxylation is 2. The minimum Gasteiger partial charge on any atom is -0.357 e. The van der Waals surface area contributed by atoms with Crippen LogP contribution in [0.5, 0.6) is 0 Å². The van der Waals surface area contributed by atoms with Crippen molar-refractivity contribution in [3.63, 3.8) is 0 Å². The molecule has 0 radical (unpaired) electrons. The van der Waals surface area contributed by atoms with Crippen molar-refractivity contribution >= 4 is 11.7 Å². The Kier molecular flexibility index (Phi) is 5.59. The molecule has 0 aliphatic carbocycles. The monoisotopic (exact) mass is 325 g/mol. The maximum Gasteiger partial charge on any atom is 0.244 e. The highest BCUT2D eigenvalue weighted by atomic mass is 16.2. The number of anilines is 1. The quantitative estimate of drug-likeness (QED) is 0.886. The number of amides is 1. The molecule has 1 atom stereocenters. The van der Waals surface area contributed by atoms with Gasteiger partial charge in [-0.1, -0.05) is 17.7 Å². The van der Waals surface area contributed by atoms with Gasteiger partial charge in [-0.3, -0.25) is 4.79 Å². The van der Waals surface area contributed by atoms with Crippen LogP contribution in [0.4, 0.5) is 5.82 Å². The van der Waals surface area contributed by atoms with Gasteiger partial charge in [-0.15, -0.1) is 0 Å². The molecule has 0 aliphatic heterocycles. The first-order valence-electron chi connectivity index (χ1n) is 7.94. The summed E-state index contributed by atoms with van der Waals surface area (Å²) in [5.74, 6) is 0.593. The van der Waals surface area contributed by atoms with Gasteiger partial charge >= 0.3 is 0 Å². The summed E-state index contributed by atoms with van der Waals surface area (Å²) in [6, 6.07) is 11.7. The number of aromatic nitrogens is 2. The number of carbonyl (C=O) groups is 1. The van der Waals surface area contributed by atoms with E-state index in [0.717, 1.165) is 11.4 Å². The highest BCUT2D eigenvalue weighted by Gasteiger charge is 2.18. The Bertz CT molecular complexity index is 742. The summed E-state index contributed by atoms with van der Waals surface area (Å²) in [5, 5.41) is 16.3. The molecule has 1 aromatic carbocycles. The molecule has 2 rings (SSSR count). The lowest BCUT2D eigenvalue weighted by Gasteiger charge is -2.20. The Morgan fingerprint density at radius 3 is 2.67 bits per heavy atom. The number of nitriles is 1. The zero-order valence-corrected chi connectivity index (χ0v) is 14.6. The van der Waals surface area contributed by atoms with E-state index in [4.69, 9.17) is 5.26 Å². The minimum atomic E-state index is -0.408. The molecule has 1 N–H and O–H groups in total. The molecular formula is C18H23N5O. The van der Waals surface area contributed by atoms with Gasteiger partial charge in [-0.25, -0.2) is 4.68 Å². The SMILES string of the molecule is Cc1ccc(-n2nc(NC(C)C(=O)N(C)CCC#N)cc2C)cc1. The molecular weight excluding hydrogens is 302 g/mol. The highest BCUT2D eigenvalue weighted by Crippen LogP contribution is 2.16. The number of rotatable bonds is 6. The van der Waals surface area contributed by atoms with E-state index in [9.17, 15) is 4.79 Å². The maximum absolute atomic E-state index is 12.3. The molecule has 1 unspecified atom stereocenters. The Morgan fingerprint density at radius 1 is 1.38 bits per heavy atom. The van der Waals surface area contributed by atoms with Crippen LogP contribution >= 0.6 is 0 Å². The molecule has 126 valence electrons. The maximum atomic E-state index is 12.3. The molecule has 1 aromatic heterocycles. The van der Waals surface area contributed by atoms with Crippen molar-refractivity contribution in [1.82, 2.24) is 14.7 Å². The van der Waals surface area contributed by atoms with Crippen molar-refractivity contribution in [1.29, 1.82) is 5.26 Å². The lowest BCUT2D eigenvalue weighted by Crippen LogP contribution is -2.39. The van der Waals surface area contributed by atoms with Crippen molar-refractivity contribution < 1.29 is 4.79 Å². The number of carbonyl (C=O) groups excluding carboxylic acids is 1. The van der Waals surface area contributed by atoms with Gasteiger partial charge in [-0.2, -0.15) is 10.4 Å². The van der Waals surface area contributed by atoms with E-state index in [0.29, 0.717) is 18.8 Å². The third-order valence-electron chi connectivity index (χ3n) is 3.84. The third-order valence-corrected chi connectivity index (χ3v) is 3.84. The first-order chi connectivity index (χ1) is 11.4. The number of hydrogen-bond acceptors (Lipinski definition) is 4. The fourth-order valence-electron chi connectivity index (χ4n) is 2.43. The number of nitrogens with one attached hydrogen (secondary N) is 1. The first-order valence-corrected chi connectivity index (χ1v) is 7.94. The Hall–Kier alpha value is -2.81. The predicted molar refractivity (Wildman–Crippen MR) is 94.0 cm³/mol. The van der Waals surface area contributed by atoms with Gasteiger partial charge in [0.2, 0.25) is 5.91 Å². The fourth-order valence-corrected chi connectivity index (χ4v) is 2.43. The summed E-state index contributed by atoms with van der Waals surface area (Å²) in [4.78, 5) is 13.8. The zero-order chi connectivity index (χ0) is 17.7.